The van der Waals surface area contributed by atoms with Crippen LogP contribution in [0, 0.1) is 5.92 Å². The zero-order valence-electron chi connectivity index (χ0n) is 10.2. The Bertz CT molecular complexity index is 155. The molecule has 0 aliphatic heterocycles. The molecule has 0 rings (SSSR count). The first-order valence-electron chi connectivity index (χ1n) is 5.79. The van der Waals surface area contributed by atoms with E-state index in [-0.39, 0.29) is 0 Å². The number of carboxylic acids is 1. The fraction of sp³-hybridized carbons (Fsp3) is 0.833. The highest BCUT2D eigenvalue weighted by Crippen LogP contribution is 2.08. The first-order chi connectivity index (χ1) is 7.12. The first kappa shape index (κ1) is 16.6. The molecule has 0 heterocycles. The maximum atomic E-state index is 10.2. The van der Waals surface area contributed by atoms with Crippen LogP contribution in [0.3, 0.4) is 0 Å². The molecule has 0 aromatic heterocycles. The highest BCUT2D eigenvalue weighted by molar-refractivity contribution is 5.66. The molecule has 15 heavy (non-hydrogen) atoms. The molecule has 0 fully saturated rings. The summed E-state index contributed by atoms with van der Waals surface area (Å²) in [5.74, 6) is -0.387. The van der Waals surface area contributed by atoms with Gasteiger partial charge in [0.1, 0.15) is 6.29 Å². The number of carbonyl (C=O) groups excluding carboxylic acids is 1. The number of hydrogen-bond acceptors (Lipinski definition) is 2. The van der Waals surface area contributed by atoms with Crippen LogP contribution in [0.2, 0.25) is 0 Å². The lowest BCUT2D eigenvalue weighted by atomic mass is 10.0. The van der Waals surface area contributed by atoms with Crippen molar-refractivity contribution < 1.29 is 14.7 Å². The van der Waals surface area contributed by atoms with Crippen LogP contribution in [0.25, 0.3) is 0 Å². The van der Waals surface area contributed by atoms with Gasteiger partial charge < -0.3 is 9.90 Å². The van der Waals surface area contributed by atoms with E-state index in [4.69, 9.17) is 5.11 Å². The Morgan fingerprint density at radius 2 is 1.87 bits per heavy atom. The van der Waals surface area contributed by atoms with Crippen molar-refractivity contribution in [2.75, 3.05) is 0 Å². The van der Waals surface area contributed by atoms with E-state index in [1.54, 1.807) is 0 Å². The second kappa shape index (κ2) is 13.1. The summed E-state index contributed by atoms with van der Waals surface area (Å²) in [6, 6.07) is 0. The summed E-state index contributed by atoms with van der Waals surface area (Å²) in [6.07, 6.45) is 6.58. The molecule has 0 amide bonds. The lowest BCUT2D eigenvalue weighted by Gasteiger charge is -2.03. The maximum Gasteiger partial charge on any atom is 0.303 e. The average molecular weight is 216 g/mol. The molecule has 0 bridgehead atoms. The molecule has 0 aliphatic carbocycles. The van der Waals surface area contributed by atoms with Gasteiger partial charge in [-0.05, 0) is 19.3 Å². The molecular weight excluding hydrogens is 192 g/mol. The minimum atomic E-state index is -0.711. The van der Waals surface area contributed by atoms with E-state index in [1.165, 1.54) is 12.8 Å². The smallest absolute Gasteiger partial charge is 0.303 e. The monoisotopic (exact) mass is 216 g/mol. The van der Waals surface area contributed by atoms with Crippen LogP contribution in [-0.4, -0.2) is 17.4 Å². The predicted octanol–water partition coefficient (Wildman–Crippen LogP) is 3.27. The molecule has 3 nitrogen and oxygen atoms in total. The largest absolute Gasteiger partial charge is 0.481 e. The van der Waals surface area contributed by atoms with Crippen molar-refractivity contribution >= 4 is 12.3 Å². The molecule has 0 aliphatic rings. The van der Waals surface area contributed by atoms with Crippen LogP contribution in [0.5, 0.6) is 0 Å². The molecule has 1 unspecified atom stereocenters. The molecule has 0 saturated heterocycles. The third-order valence-electron chi connectivity index (χ3n) is 2.11. The molecular formula is C12H24O3. The van der Waals surface area contributed by atoms with Crippen LogP contribution in [0.15, 0.2) is 0 Å². The van der Waals surface area contributed by atoms with E-state index in [2.05, 4.69) is 13.8 Å². The number of hydrogen-bond donors (Lipinski definition) is 1. The van der Waals surface area contributed by atoms with Gasteiger partial charge in [-0.15, -0.1) is 0 Å². The number of aldehydes is 1. The summed E-state index contributed by atoms with van der Waals surface area (Å²) in [5.41, 5.74) is 0. The van der Waals surface area contributed by atoms with Gasteiger partial charge in [0, 0.05) is 12.3 Å². The van der Waals surface area contributed by atoms with Gasteiger partial charge in [-0.1, -0.05) is 33.6 Å². The molecule has 0 spiro atoms. The fourth-order valence-electron chi connectivity index (χ4n) is 1.05. The van der Waals surface area contributed by atoms with Crippen molar-refractivity contribution in [1.82, 2.24) is 0 Å². The van der Waals surface area contributed by atoms with E-state index >= 15 is 0 Å². The SMILES string of the molecule is CCCC(=O)O.CCCCC(C=O)CC. The normalized spacial score (nSPS) is 11.1. The molecule has 90 valence electrons. The zero-order valence-corrected chi connectivity index (χ0v) is 10.2. The third-order valence-corrected chi connectivity index (χ3v) is 2.11. The highest BCUT2D eigenvalue weighted by Gasteiger charge is 2.01. The minimum Gasteiger partial charge on any atom is -0.481 e. The summed E-state index contributed by atoms with van der Waals surface area (Å²) in [5, 5.41) is 7.91. The van der Waals surface area contributed by atoms with E-state index in [1.807, 2.05) is 6.92 Å². The van der Waals surface area contributed by atoms with E-state index in [0.29, 0.717) is 12.3 Å². The molecule has 0 saturated carbocycles. The van der Waals surface area contributed by atoms with Crippen LogP contribution in [-0.2, 0) is 9.59 Å². The Morgan fingerprint density at radius 3 is 2.07 bits per heavy atom. The summed E-state index contributed by atoms with van der Waals surface area (Å²) in [7, 11) is 0. The van der Waals surface area contributed by atoms with Crippen LogP contribution in [0.1, 0.15) is 59.3 Å². The Kier molecular flexibility index (Phi) is 14.5. The van der Waals surface area contributed by atoms with Gasteiger partial charge in [-0.25, -0.2) is 0 Å². The van der Waals surface area contributed by atoms with Crippen molar-refractivity contribution in [3.8, 4) is 0 Å². The van der Waals surface area contributed by atoms with Crippen LogP contribution >= 0.6 is 0 Å². The van der Waals surface area contributed by atoms with Crippen molar-refractivity contribution in [2.45, 2.75) is 59.3 Å². The van der Waals surface area contributed by atoms with Crippen LogP contribution in [0.4, 0.5) is 0 Å². The highest BCUT2D eigenvalue weighted by atomic mass is 16.4. The van der Waals surface area contributed by atoms with Crippen molar-refractivity contribution in [3.63, 3.8) is 0 Å². The Labute approximate surface area is 92.9 Å². The number of carboxylic acid groups (broad SMARTS) is 1. The minimum absolute atomic E-state index is 0.292. The average Bonchev–Trinajstić information content (AvgIpc) is 2.20. The second-order valence-corrected chi connectivity index (χ2v) is 3.59. The number of unbranched alkanes of at least 4 members (excludes halogenated alkanes) is 1. The summed E-state index contributed by atoms with van der Waals surface area (Å²) >= 11 is 0. The van der Waals surface area contributed by atoms with Gasteiger partial charge in [0.25, 0.3) is 0 Å². The van der Waals surface area contributed by atoms with Crippen molar-refractivity contribution in [3.05, 3.63) is 0 Å². The Balaban J connectivity index is 0. The second-order valence-electron chi connectivity index (χ2n) is 3.59. The van der Waals surface area contributed by atoms with Gasteiger partial charge in [0.15, 0.2) is 0 Å². The lowest BCUT2D eigenvalue weighted by molar-refractivity contribution is -0.137. The van der Waals surface area contributed by atoms with Crippen LogP contribution < -0.4 is 0 Å². The summed E-state index contributed by atoms with van der Waals surface area (Å²) in [4.78, 5) is 19.8. The van der Waals surface area contributed by atoms with Gasteiger partial charge in [-0.3, -0.25) is 4.79 Å². The van der Waals surface area contributed by atoms with Gasteiger partial charge >= 0.3 is 5.97 Å². The lowest BCUT2D eigenvalue weighted by Crippen LogP contribution is -1.98. The summed E-state index contributed by atoms with van der Waals surface area (Å²) < 4.78 is 0. The van der Waals surface area contributed by atoms with Gasteiger partial charge in [0.05, 0.1) is 0 Å². The van der Waals surface area contributed by atoms with Crippen molar-refractivity contribution in [1.29, 1.82) is 0 Å². The third kappa shape index (κ3) is 15.9. The maximum absolute atomic E-state index is 10.2. The Hall–Kier alpha value is -0.860. The molecule has 1 atom stereocenters. The molecule has 1 N–H and O–H groups in total. The molecule has 0 radical (unpaired) electrons. The van der Waals surface area contributed by atoms with Gasteiger partial charge in [-0.2, -0.15) is 0 Å². The fourth-order valence-corrected chi connectivity index (χ4v) is 1.05. The number of rotatable bonds is 7. The van der Waals surface area contributed by atoms with E-state index < -0.39 is 5.97 Å². The first-order valence-corrected chi connectivity index (χ1v) is 5.79. The number of aliphatic carboxylic acids is 1. The standard InChI is InChI=1S/C8H16O.C4H8O2/c1-3-5-6-8(4-2)7-9;1-2-3-4(5)6/h7-8H,3-6H2,1-2H3;2-3H2,1H3,(H,5,6). The van der Waals surface area contributed by atoms with E-state index in [0.717, 1.165) is 25.5 Å². The quantitative estimate of drug-likeness (QED) is 0.664. The molecule has 0 aromatic carbocycles. The Morgan fingerprint density at radius 1 is 1.27 bits per heavy atom. The van der Waals surface area contributed by atoms with Crippen molar-refractivity contribution in [2.24, 2.45) is 5.92 Å². The topological polar surface area (TPSA) is 54.4 Å². The zero-order chi connectivity index (χ0) is 12.1. The molecule has 0 aromatic rings. The van der Waals surface area contributed by atoms with Gasteiger partial charge in [0.2, 0.25) is 0 Å². The molecule has 3 heteroatoms. The summed E-state index contributed by atoms with van der Waals surface area (Å²) in [6.45, 7) is 6.06. The predicted molar refractivity (Wildman–Crippen MR) is 61.9 cm³/mol. The van der Waals surface area contributed by atoms with E-state index in [9.17, 15) is 9.59 Å². The number of carbonyl (C=O) groups is 2.